The second kappa shape index (κ2) is 9.16. The average Bonchev–Trinajstić information content (AvgIpc) is 3.05. The highest BCUT2D eigenvalue weighted by Gasteiger charge is 2.41. The molecule has 0 aromatic heterocycles. The third-order valence-corrected chi connectivity index (χ3v) is 5.23. The molecule has 0 fully saturated rings. The molecule has 0 bridgehead atoms. The molecule has 32 heavy (non-hydrogen) atoms. The standard InChI is InChI=1S/C25H21ClN2O4/c1-3-32-19-14-12-18(13-15-19)27-23-22(16-8-10-17(26)11-9-16)24(29)28(25(23)30)20-6-4-5-7-21(20)31-2/h4-15,27H,3H2,1-2H3. The van der Waals surface area contributed by atoms with Crippen molar-refractivity contribution in [2.75, 3.05) is 23.9 Å². The monoisotopic (exact) mass is 448 g/mol. The Balaban J connectivity index is 1.78. The summed E-state index contributed by atoms with van der Waals surface area (Å²) in [5.74, 6) is 0.218. The van der Waals surface area contributed by atoms with E-state index in [-0.39, 0.29) is 11.3 Å². The highest BCUT2D eigenvalue weighted by atomic mass is 35.5. The second-order valence-corrected chi connectivity index (χ2v) is 7.39. The van der Waals surface area contributed by atoms with Gasteiger partial charge in [-0.25, -0.2) is 4.90 Å². The molecule has 0 aliphatic carbocycles. The number of benzene rings is 3. The van der Waals surface area contributed by atoms with E-state index in [4.69, 9.17) is 21.1 Å². The van der Waals surface area contributed by atoms with Crippen LogP contribution in [0.4, 0.5) is 11.4 Å². The average molecular weight is 449 g/mol. The number of carbonyl (C=O) groups excluding carboxylic acids is 2. The number of ether oxygens (including phenoxy) is 2. The number of methoxy groups -OCH3 is 1. The minimum atomic E-state index is -0.474. The Kier molecular flexibility index (Phi) is 6.14. The molecule has 7 heteroatoms. The molecule has 4 rings (SSSR count). The highest BCUT2D eigenvalue weighted by Crippen LogP contribution is 2.38. The van der Waals surface area contributed by atoms with Crippen LogP contribution in [0.15, 0.2) is 78.5 Å². The molecule has 0 spiro atoms. The van der Waals surface area contributed by atoms with Crippen LogP contribution in [0.5, 0.6) is 11.5 Å². The van der Waals surface area contributed by atoms with Crippen molar-refractivity contribution in [1.29, 1.82) is 0 Å². The van der Waals surface area contributed by atoms with Crippen LogP contribution in [0, 0.1) is 0 Å². The Hall–Kier alpha value is -3.77. The molecule has 1 aliphatic heterocycles. The maximum absolute atomic E-state index is 13.5. The van der Waals surface area contributed by atoms with E-state index >= 15 is 0 Å². The molecule has 1 aliphatic rings. The van der Waals surface area contributed by atoms with Crippen molar-refractivity contribution >= 4 is 40.4 Å². The fourth-order valence-electron chi connectivity index (χ4n) is 3.51. The van der Waals surface area contributed by atoms with Crippen molar-refractivity contribution in [3.8, 4) is 11.5 Å². The Bertz CT molecular complexity index is 1190. The molecule has 6 nitrogen and oxygen atoms in total. The van der Waals surface area contributed by atoms with Crippen molar-refractivity contribution in [1.82, 2.24) is 0 Å². The predicted molar refractivity (Wildman–Crippen MR) is 125 cm³/mol. The number of para-hydroxylation sites is 2. The molecule has 0 saturated heterocycles. The molecular formula is C25H21ClN2O4. The van der Waals surface area contributed by atoms with Gasteiger partial charge in [-0.2, -0.15) is 0 Å². The van der Waals surface area contributed by atoms with Crippen LogP contribution in [0.1, 0.15) is 12.5 Å². The summed E-state index contributed by atoms with van der Waals surface area (Å²) in [6.45, 7) is 2.46. The van der Waals surface area contributed by atoms with Gasteiger partial charge in [0.25, 0.3) is 11.8 Å². The van der Waals surface area contributed by atoms with E-state index < -0.39 is 11.8 Å². The maximum atomic E-state index is 13.5. The van der Waals surface area contributed by atoms with Gasteiger partial charge in [0, 0.05) is 10.7 Å². The van der Waals surface area contributed by atoms with Gasteiger partial charge in [0.2, 0.25) is 0 Å². The molecule has 0 radical (unpaired) electrons. The lowest BCUT2D eigenvalue weighted by Gasteiger charge is -2.18. The van der Waals surface area contributed by atoms with E-state index in [0.29, 0.717) is 34.3 Å². The number of carbonyl (C=O) groups is 2. The van der Waals surface area contributed by atoms with E-state index in [2.05, 4.69) is 5.32 Å². The van der Waals surface area contributed by atoms with Gasteiger partial charge < -0.3 is 14.8 Å². The molecule has 3 aromatic rings. The van der Waals surface area contributed by atoms with Crippen molar-refractivity contribution in [3.63, 3.8) is 0 Å². The van der Waals surface area contributed by atoms with Crippen LogP contribution >= 0.6 is 11.6 Å². The first kappa shape index (κ1) is 21.5. The second-order valence-electron chi connectivity index (χ2n) is 6.96. The highest BCUT2D eigenvalue weighted by molar-refractivity contribution is 6.46. The minimum absolute atomic E-state index is 0.174. The number of amides is 2. The predicted octanol–water partition coefficient (Wildman–Crippen LogP) is 5.14. The van der Waals surface area contributed by atoms with Gasteiger partial charge in [-0.1, -0.05) is 35.9 Å². The van der Waals surface area contributed by atoms with Crippen molar-refractivity contribution < 1.29 is 19.1 Å². The first-order chi connectivity index (χ1) is 15.5. The van der Waals surface area contributed by atoms with Crippen LogP contribution in [-0.2, 0) is 9.59 Å². The summed E-state index contributed by atoms with van der Waals surface area (Å²) >= 11 is 6.03. The van der Waals surface area contributed by atoms with E-state index in [9.17, 15) is 9.59 Å². The van der Waals surface area contributed by atoms with E-state index in [1.54, 1.807) is 72.8 Å². The molecule has 0 unspecified atom stereocenters. The molecule has 162 valence electrons. The Morgan fingerprint density at radius 1 is 0.906 bits per heavy atom. The zero-order valence-corrected chi connectivity index (χ0v) is 18.3. The Morgan fingerprint density at radius 2 is 1.59 bits per heavy atom. The normalized spacial score (nSPS) is 13.5. The molecular weight excluding hydrogens is 428 g/mol. The van der Waals surface area contributed by atoms with Gasteiger partial charge >= 0.3 is 0 Å². The van der Waals surface area contributed by atoms with Gasteiger partial charge in [-0.3, -0.25) is 9.59 Å². The van der Waals surface area contributed by atoms with Crippen LogP contribution in [0.3, 0.4) is 0 Å². The lowest BCUT2D eigenvalue weighted by Crippen LogP contribution is -2.32. The molecule has 3 aromatic carbocycles. The van der Waals surface area contributed by atoms with Gasteiger partial charge in [0.15, 0.2) is 0 Å². The summed E-state index contributed by atoms with van der Waals surface area (Å²) in [6, 6.07) is 20.9. The zero-order chi connectivity index (χ0) is 22.7. The lowest BCUT2D eigenvalue weighted by molar-refractivity contribution is -0.120. The summed E-state index contributed by atoms with van der Waals surface area (Å²) in [4.78, 5) is 28.1. The first-order valence-corrected chi connectivity index (χ1v) is 10.4. The van der Waals surface area contributed by atoms with Gasteiger partial charge in [-0.05, 0) is 61.0 Å². The number of hydrogen-bond donors (Lipinski definition) is 1. The number of hydrogen-bond acceptors (Lipinski definition) is 5. The molecule has 0 atom stereocenters. The third kappa shape index (κ3) is 4.05. The van der Waals surface area contributed by atoms with Gasteiger partial charge in [0.05, 0.1) is 25.0 Å². The topological polar surface area (TPSA) is 67.9 Å². The number of anilines is 2. The molecule has 1 heterocycles. The van der Waals surface area contributed by atoms with Crippen molar-refractivity contribution in [2.24, 2.45) is 0 Å². The van der Waals surface area contributed by atoms with Crippen LogP contribution in [0.2, 0.25) is 5.02 Å². The number of nitrogens with one attached hydrogen (secondary N) is 1. The summed E-state index contributed by atoms with van der Waals surface area (Å²) in [6.07, 6.45) is 0. The number of imide groups is 1. The Labute approximate surface area is 191 Å². The SMILES string of the molecule is CCOc1ccc(NC2=C(c3ccc(Cl)cc3)C(=O)N(c3ccccc3OC)C2=O)cc1. The maximum Gasteiger partial charge on any atom is 0.282 e. The molecule has 0 saturated carbocycles. The fourth-order valence-corrected chi connectivity index (χ4v) is 3.63. The fraction of sp³-hybridized carbons (Fsp3) is 0.120. The summed E-state index contributed by atoms with van der Waals surface area (Å²) in [5, 5.41) is 3.66. The largest absolute Gasteiger partial charge is 0.495 e. The third-order valence-electron chi connectivity index (χ3n) is 4.98. The van der Waals surface area contributed by atoms with Gasteiger partial charge in [0.1, 0.15) is 17.2 Å². The van der Waals surface area contributed by atoms with Crippen molar-refractivity contribution in [3.05, 3.63) is 89.1 Å². The summed E-state index contributed by atoms with van der Waals surface area (Å²) in [7, 11) is 1.50. The quantitative estimate of drug-likeness (QED) is 0.506. The van der Waals surface area contributed by atoms with Crippen LogP contribution < -0.4 is 19.7 Å². The smallest absolute Gasteiger partial charge is 0.282 e. The zero-order valence-electron chi connectivity index (χ0n) is 17.6. The summed E-state index contributed by atoms with van der Waals surface area (Å²) in [5.41, 5.74) is 2.04. The summed E-state index contributed by atoms with van der Waals surface area (Å²) < 4.78 is 10.9. The van der Waals surface area contributed by atoms with Crippen molar-refractivity contribution in [2.45, 2.75) is 6.92 Å². The van der Waals surface area contributed by atoms with Gasteiger partial charge in [-0.15, -0.1) is 0 Å². The first-order valence-electron chi connectivity index (χ1n) is 10.1. The van der Waals surface area contributed by atoms with E-state index in [1.165, 1.54) is 7.11 Å². The van der Waals surface area contributed by atoms with Crippen LogP contribution in [0.25, 0.3) is 5.57 Å². The number of rotatable bonds is 7. The molecule has 2 amide bonds. The van der Waals surface area contributed by atoms with E-state index in [1.807, 2.05) is 6.92 Å². The van der Waals surface area contributed by atoms with Crippen LogP contribution in [-0.4, -0.2) is 25.5 Å². The Morgan fingerprint density at radius 3 is 2.25 bits per heavy atom. The number of halogens is 1. The lowest BCUT2D eigenvalue weighted by atomic mass is 10.0. The minimum Gasteiger partial charge on any atom is -0.495 e. The number of nitrogens with zero attached hydrogens (tertiary/aromatic N) is 1. The van der Waals surface area contributed by atoms with E-state index in [0.717, 1.165) is 10.6 Å². The molecule has 1 N–H and O–H groups in total.